The lowest BCUT2D eigenvalue weighted by Crippen LogP contribution is -2.21. The first kappa shape index (κ1) is 13.7. The smallest absolute Gasteiger partial charge is 0.212 e. The maximum atomic E-state index is 13.0. The first-order valence-corrected chi connectivity index (χ1v) is 6.96. The van der Waals surface area contributed by atoms with Crippen LogP contribution in [0.5, 0.6) is 5.75 Å². The minimum atomic E-state index is -3.59. The molecule has 0 spiro atoms. The van der Waals surface area contributed by atoms with Gasteiger partial charge in [-0.3, -0.25) is 0 Å². The molecule has 0 radical (unpaired) electrons. The molecule has 4 nitrogen and oxygen atoms in total. The van der Waals surface area contributed by atoms with E-state index >= 15 is 0 Å². The van der Waals surface area contributed by atoms with Crippen molar-refractivity contribution in [3.05, 3.63) is 27.4 Å². The summed E-state index contributed by atoms with van der Waals surface area (Å²) in [7, 11) is -3.59. The van der Waals surface area contributed by atoms with Gasteiger partial charge in [0, 0.05) is 6.07 Å². The lowest BCUT2D eigenvalue weighted by atomic mass is 10.3. The van der Waals surface area contributed by atoms with Gasteiger partial charge in [0.2, 0.25) is 10.0 Å². The second kappa shape index (κ2) is 5.31. The standard InChI is InChI=1S/C8H8BrClFNO3S/c9-5-3-6(10)7(11)4-8(5)15-1-2-16(12,13)14/h3-4H,1-2H2,(H2,12,13,14). The third kappa shape index (κ3) is 4.25. The molecule has 1 aromatic rings. The highest BCUT2D eigenvalue weighted by Gasteiger charge is 2.09. The predicted octanol–water partition coefficient (Wildman–Crippen LogP) is 1.91. The van der Waals surface area contributed by atoms with Crippen molar-refractivity contribution in [2.45, 2.75) is 0 Å². The molecule has 0 bridgehead atoms. The van der Waals surface area contributed by atoms with Crippen LogP contribution in [0.1, 0.15) is 0 Å². The lowest BCUT2D eigenvalue weighted by Gasteiger charge is -2.08. The molecular formula is C8H8BrClFNO3S. The van der Waals surface area contributed by atoms with E-state index in [0.29, 0.717) is 4.47 Å². The Kier molecular flexibility index (Phi) is 4.54. The molecule has 0 saturated carbocycles. The van der Waals surface area contributed by atoms with Crippen LogP contribution in [0.4, 0.5) is 4.39 Å². The minimum Gasteiger partial charge on any atom is -0.491 e. The molecule has 90 valence electrons. The SMILES string of the molecule is NS(=O)(=O)CCOc1cc(F)c(Cl)cc1Br. The number of rotatable bonds is 4. The van der Waals surface area contributed by atoms with Gasteiger partial charge in [-0.1, -0.05) is 11.6 Å². The van der Waals surface area contributed by atoms with Gasteiger partial charge in [0.15, 0.2) is 0 Å². The predicted molar refractivity (Wildman–Crippen MR) is 62.6 cm³/mol. The number of sulfonamides is 1. The summed E-state index contributed by atoms with van der Waals surface area (Å²) in [5, 5.41) is 4.73. The molecule has 0 aromatic heterocycles. The molecule has 0 atom stereocenters. The van der Waals surface area contributed by atoms with Gasteiger partial charge in [0.05, 0.1) is 15.2 Å². The first-order chi connectivity index (χ1) is 7.29. The Morgan fingerprint density at radius 1 is 1.50 bits per heavy atom. The molecule has 1 rings (SSSR count). The monoisotopic (exact) mass is 331 g/mol. The molecule has 0 aliphatic rings. The van der Waals surface area contributed by atoms with Gasteiger partial charge in [-0.05, 0) is 22.0 Å². The summed E-state index contributed by atoms with van der Waals surface area (Å²) in [6, 6.07) is 2.39. The van der Waals surface area contributed by atoms with Gasteiger partial charge in [-0.25, -0.2) is 17.9 Å². The summed E-state index contributed by atoms with van der Waals surface area (Å²) < 4.78 is 39.8. The zero-order valence-corrected chi connectivity index (χ0v) is 11.1. The normalized spacial score (nSPS) is 11.5. The average Bonchev–Trinajstić information content (AvgIpc) is 2.11. The van der Waals surface area contributed by atoms with Crippen LogP contribution in [0.3, 0.4) is 0 Å². The minimum absolute atomic E-state index is 0.0503. The maximum absolute atomic E-state index is 13.0. The van der Waals surface area contributed by atoms with Crippen molar-refractivity contribution in [1.29, 1.82) is 0 Å². The van der Waals surface area contributed by atoms with Gasteiger partial charge >= 0.3 is 0 Å². The molecule has 0 aliphatic heterocycles. The highest BCUT2D eigenvalue weighted by atomic mass is 79.9. The number of benzene rings is 1. The molecule has 0 unspecified atom stereocenters. The van der Waals surface area contributed by atoms with Gasteiger partial charge in [-0.15, -0.1) is 0 Å². The largest absolute Gasteiger partial charge is 0.491 e. The van der Waals surface area contributed by atoms with Crippen LogP contribution in [-0.2, 0) is 10.0 Å². The van der Waals surface area contributed by atoms with Crippen molar-refractivity contribution < 1.29 is 17.5 Å². The van der Waals surface area contributed by atoms with Gasteiger partial charge in [0.1, 0.15) is 18.2 Å². The number of primary sulfonamides is 1. The van der Waals surface area contributed by atoms with Gasteiger partial charge in [0.25, 0.3) is 0 Å². The van der Waals surface area contributed by atoms with Crippen molar-refractivity contribution in [1.82, 2.24) is 0 Å². The molecule has 0 saturated heterocycles. The van der Waals surface area contributed by atoms with Crippen LogP contribution < -0.4 is 9.88 Å². The van der Waals surface area contributed by atoms with E-state index in [0.717, 1.165) is 6.07 Å². The zero-order valence-electron chi connectivity index (χ0n) is 7.91. The molecule has 0 amide bonds. The van der Waals surface area contributed by atoms with E-state index in [1.54, 1.807) is 0 Å². The number of hydrogen-bond acceptors (Lipinski definition) is 3. The quantitative estimate of drug-likeness (QED) is 0.856. The fourth-order valence-corrected chi connectivity index (χ4v) is 1.95. The molecule has 16 heavy (non-hydrogen) atoms. The highest BCUT2D eigenvalue weighted by molar-refractivity contribution is 9.10. The van der Waals surface area contributed by atoms with E-state index in [2.05, 4.69) is 15.9 Å². The first-order valence-electron chi connectivity index (χ1n) is 4.07. The van der Waals surface area contributed by atoms with E-state index in [-0.39, 0.29) is 23.1 Å². The summed E-state index contributed by atoms with van der Waals surface area (Å²) >= 11 is 8.62. The summed E-state index contributed by atoms with van der Waals surface area (Å²) in [6.45, 7) is -0.154. The molecule has 0 fully saturated rings. The molecule has 8 heteroatoms. The summed E-state index contributed by atoms with van der Waals surface area (Å²) in [4.78, 5) is 0. The van der Waals surface area contributed by atoms with E-state index in [1.807, 2.05) is 0 Å². The van der Waals surface area contributed by atoms with Crippen LogP contribution in [-0.4, -0.2) is 20.8 Å². The van der Waals surface area contributed by atoms with Crippen LogP contribution >= 0.6 is 27.5 Å². The third-order valence-corrected chi connectivity index (χ3v) is 3.25. The van der Waals surface area contributed by atoms with E-state index in [1.165, 1.54) is 6.07 Å². The fraction of sp³-hybridized carbons (Fsp3) is 0.250. The Labute approximate surface area is 106 Å². The van der Waals surface area contributed by atoms with Crippen LogP contribution in [0.25, 0.3) is 0 Å². The van der Waals surface area contributed by atoms with Crippen molar-refractivity contribution in [3.63, 3.8) is 0 Å². The van der Waals surface area contributed by atoms with Crippen molar-refractivity contribution in [2.75, 3.05) is 12.4 Å². The summed E-state index contributed by atoms with van der Waals surface area (Å²) in [5.41, 5.74) is 0. The Hall–Kier alpha value is -0.370. The third-order valence-electron chi connectivity index (χ3n) is 1.60. The zero-order chi connectivity index (χ0) is 12.3. The molecule has 0 aliphatic carbocycles. The summed E-state index contributed by atoms with van der Waals surface area (Å²) in [6.07, 6.45) is 0. The van der Waals surface area contributed by atoms with Crippen LogP contribution in [0.15, 0.2) is 16.6 Å². The van der Waals surface area contributed by atoms with Gasteiger partial charge < -0.3 is 4.74 Å². The Morgan fingerprint density at radius 3 is 2.69 bits per heavy atom. The fourth-order valence-electron chi connectivity index (χ4n) is 0.883. The topological polar surface area (TPSA) is 69.4 Å². The number of nitrogens with two attached hydrogens (primary N) is 1. The Balaban J connectivity index is 2.71. The second-order valence-electron chi connectivity index (χ2n) is 2.91. The van der Waals surface area contributed by atoms with Crippen molar-refractivity contribution >= 4 is 37.6 Å². The lowest BCUT2D eigenvalue weighted by molar-refractivity contribution is 0.337. The number of hydrogen-bond donors (Lipinski definition) is 1. The Bertz CT molecular complexity index is 494. The van der Waals surface area contributed by atoms with Crippen molar-refractivity contribution in [2.24, 2.45) is 5.14 Å². The average molecular weight is 333 g/mol. The van der Waals surface area contributed by atoms with Crippen LogP contribution in [0.2, 0.25) is 5.02 Å². The second-order valence-corrected chi connectivity index (χ2v) is 5.91. The Morgan fingerprint density at radius 2 is 2.12 bits per heavy atom. The van der Waals surface area contributed by atoms with Crippen molar-refractivity contribution in [3.8, 4) is 5.75 Å². The van der Waals surface area contributed by atoms with E-state index < -0.39 is 15.8 Å². The number of halogens is 3. The van der Waals surface area contributed by atoms with E-state index in [9.17, 15) is 12.8 Å². The molecule has 2 N–H and O–H groups in total. The molecule has 0 heterocycles. The maximum Gasteiger partial charge on any atom is 0.212 e. The molecular weight excluding hydrogens is 325 g/mol. The van der Waals surface area contributed by atoms with Gasteiger partial charge in [-0.2, -0.15) is 0 Å². The summed E-state index contributed by atoms with van der Waals surface area (Å²) in [5.74, 6) is -0.815. The van der Waals surface area contributed by atoms with Crippen LogP contribution in [0, 0.1) is 5.82 Å². The highest BCUT2D eigenvalue weighted by Crippen LogP contribution is 2.30. The molecule has 1 aromatic carbocycles. The number of ether oxygens (including phenoxy) is 1. The van der Waals surface area contributed by atoms with E-state index in [4.69, 9.17) is 21.5 Å².